The highest BCUT2D eigenvalue weighted by molar-refractivity contribution is 6.07. The number of aliphatic imine (C=N–C) groups is 1. The van der Waals surface area contributed by atoms with Crippen molar-refractivity contribution in [3.63, 3.8) is 0 Å². The van der Waals surface area contributed by atoms with E-state index in [1.807, 2.05) is 11.0 Å². The van der Waals surface area contributed by atoms with Crippen LogP contribution in [0.25, 0.3) is 0 Å². The summed E-state index contributed by atoms with van der Waals surface area (Å²) in [6, 6.07) is 5.35. The molecule has 2 aliphatic heterocycles. The van der Waals surface area contributed by atoms with Gasteiger partial charge in [0.25, 0.3) is 5.91 Å². The van der Waals surface area contributed by atoms with E-state index in [0.717, 1.165) is 11.0 Å². The van der Waals surface area contributed by atoms with Crippen molar-refractivity contribution in [1.29, 1.82) is 5.26 Å². The summed E-state index contributed by atoms with van der Waals surface area (Å²) in [5, 5.41) is 9.41. The zero-order valence-corrected chi connectivity index (χ0v) is 22.8. The van der Waals surface area contributed by atoms with Crippen LogP contribution in [0.3, 0.4) is 0 Å². The maximum atomic E-state index is 15.5. The van der Waals surface area contributed by atoms with E-state index in [4.69, 9.17) is 9.47 Å². The van der Waals surface area contributed by atoms with Crippen molar-refractivity contribution in [2.24, 2.45) is 4.99 Å². The number of ether oxygens (including phenoxy) is 2. The van der Waals surface area contributed by atoms with Crippen molar-refractivity contribution in [3.8, 4) is 6.07 Å². The standard InChI is InChI=1S/C29H34F3N5O3/c1-19-4-6-21(15-33)34-16-27(28(32)29(38)35(19)2)36(3)22-7-9-23(10-8-22)37(17-24-18-39-12-13-40-24)26-11-5-20(30)14-25(26)31/h4-6,11,14,22-24H,1,7-10,12-13,16-18H2,2-3H3/b6-4-,28-27-,34-21?. The molecule has 1 amide bonds. The first kappa shape index (κ1) is 29.4. The van der Waals surface area contributed by atoms with Crippen molar-refractivity contribution in [3.05, 3.63) is 65.8 Å². The van der Waals surface area contributed by atoms with Gasteiger partial charge in [0.1, 0.15) is 23.4 Å². The van der Waals surface area contributed by atoms with Gasteiger partial charge in [-0.2, -0.15) is 9.65 Å². The molecule has 2 fully saturated rings. The summed E-state index contributed by atoms with van der Waals surface area (Å²) in [5.74, 6) is -3.08. The summed E-state index contributed by atoms with van der Waals surface area (Å²) in [6.45, 7) is 5.33. The lowest BCUT2D eigenvalue weighted by atomic mass is 9.88. The minimum atomic E-state index is -0.950. The average molecular weight is 558 g/mol. The van der Waals surface area contributed by atoms with Crippen LogP contribution >= 0.6 is 0 Å². The van der Waals surface area contributed by atoms with Crippen LogP contribution in [0.4, 0.5) is 18.9 Å². The number of likely N-dealkylation sites (N-methyl/N-ethyl adjacent to an activating group) is 2. The second-order valence-corrected chi connectivity index (χ2v) is 10.2. The van der Waals surface area contributed by atoms with E-state index in [0.29, 0.717) is 57.7 Å². The highest BCUT2D eigenvalue weighted by Crippen LogP contribution is 2.33. The topological polar surface area (TPSA) is 81.4 Å². The minimum absolute atomic E-state index is 0.0672. The van der Waals surface area contributed by atoms with E-state index >= 15 is 4.39 Å². The summed E-state index contributed by atoms with van der Waals surface area (Å²) in [6.07, 6.45) is 5.20. The lowest BCUT2D eigenvalue weighted by Gasteiger charge is -2.43. The Balaban J connectivity index is 1.53. The number of carbonyl (C=O) groups is 1. The summed E-state index contributed by atoms with van der Waals surface area (Å²) in [4.78, 5) is 21.8. The van der Waals surface area contributed by atoms with E-state index in [1.165, 1.54) is 31.3 Å². The van der Waals surface area contributed by atoms with Gasteiger partial charge in [-0.3, -0.25) is 9.79 Å². The third-order valence-corrected chi connectivity index (χ3v) is 7.71. The molecule has 1 aromatic rings. The second-order valence-electron chi connectivity index (χ2n) is 10.2. The molecule has 0 aromatic heterocycles. The quantitative estimate of drug-likeness (QED) is 0.524. The summed E-state index contributed by atoms with van der Waals surface area (Å²) in [7, 11) is 3.14. The van der Waals surface area contributed by atoms with Crippen LogP contribution in [0.15, 0.2) is 59.1 Å². The number of hydrogen-bond donors (Lipinski definition) is 0. The maximum Gasteiger partial charge on any atom is 0.288 e. The van der Waals surface area contributed by atoms with E-state index in [-0.39, 0.29) is 41.8 Å². The molecule has 8 nitrogen and oxygen atoms in total. The van der Waals surface area contributed by atoms with Crippen molar-refractivity contribution in [2.45, 2.75) is 43.9 Å². The lowest BCUT2D eigenvalue weighted by molar-refractivity contribution is -0.125. The summed E-state index contributed by atoms with van der Waals surface area (Å²) < 4.78 is 55.5. The van der Waals surface area contributed by atoms with Crippen LogP contribution in [0.2, 0.25) is 0 Å². The van der Waals surface area contributed by atoms with Gasteiger partial charge in [-0.15, -0.1) is 0 Å². The van der Waals surface area contributed by atoms with E-state index < -0.39 is 23.4 Å². The number of nitrogens with zero attached hydrogens (tertiary/aromatic N) is 5. The van der Waals surface area contributed by atoms with Gasteiger partial charge < -0.3 is 24.2 Å². The largest absolute Gasteiger partial charge is 0.376 e. The lowest BCUT2D eigenvalue weighted by Crippen LogP contribution is -2.48. The zero-order chi connectivity index (χ0) is 28.8. The molecule has 1 unspecified atom stereocenters. The summed E-state index contributed by atoms with van der Waals surface area (Å²) in [5.41, 5.74) is 0.712. The molecule has 4 rings (SSSR count). The highest BCUT2D eigenvalue weighted by Gasteiger charge is 2.33. The van der Waals surface area contributed by atoms with Crippen molar-refractivity contribution < 1.29 is 27.4 Å². The molecule has 0 radical (unpaired) electrons. The fourth-order valence-electron chi connectivity index (χ4n) is 5.31. The number of rotatable bonds is 6. The SMILES string of the molecule is C=C1/C=C\C(C#N)=NC/C(N(C)C2CCC(N(CC3COCCO3)c3ccc(F)cc3F)CC2)=C(/F)C(=O)N1C. The smallest absolute Gasteiger partial charge is 0.288 e. The van der Waals surface area contributed by atoms with Gasteiger partial charge >= 0.3 is 0 Å². The number of amides is 1. The fraction of sp³-hybridized carbons (Fsp3) is 0.483. The molecule has 11 heteroatoms. The number of nitriles is 1. The van der Waals surface area contributed by atoms with Gasteiger partial charge in [0.2, 0.25) is 5.83 Å². The number of allylic oxidation sites excluding steroid dienone is 2. The Morgan fingerprint density at radius 3 is 2.52 bits per heavy atom. The molecular weight excluding hydrogens is 523 g/mol. The minimum Gasteiger partial charge on any atom is -0.376 e. The average Bonchev–Trinajstić information content (AvgIpc) is 2.97. The monoisotopic (exact) mass is 557 g/mol. The van der Waals surface area contributed by atoms with Crippen LogP contribution in [0.5, 0.6) is 0 Å². The predicted octanol–water partition coefficient (Wildman–Crippen LogP) is 4.12. The normalized spacial score (nSPS) is 27.1. The second kappa shape index (κ2) is 13.2. The number of hydrogen-bond acceptors (Lipinski definition) is 7. The van der Waals surface area contributed by atoms with Gasteiger partial charge in [-0.25, -0.2) is 8.78 Å². The summed E-state index contributed by atoms with van der Waals surface area (Å²) >= 11 is 0. The Hall–Kier alpha value is -3.62. The van der Waals surface area contributed by atoms with Gasteiger partial charge in [0.15, 0.2) is 0 Å². The third kappa shape index (κ3) is 6.74. The molecule has 1 aromatic carbocycles. The molecule has 3 aliphatic rings. The Labute approximate surface area is 232 Å². The first-order chi connectivity index (χ1) is 19.2. The van der Waals surface area contributed by atoms with Crippen LogP contribution < -0.4 is 4.90 Å². The van der Waals surface area contributed by atoms with Crippen molar-refractivity contribution in [2.75, 3.05) is 51.9 Å². The Morgan fingerprint density at radius 1 is 1.15 bits per heavy atom. The highest BCUT2D eigenvalue weighted by atomic mass is 19.1. The molecule has 1 atom stereocenters. The van der Waals surface area contributed by atoms with E-state index in [9.17, 15) is 18.8 Å². The molecule has 0 bridgehead atoms. The number of anilines is 1. The first-order valence-electron chi connectivity index (χ1n) is 13.3. The van der Waals surface area contributed by atoms with Gasteiger partial charge in [-0.1, -0.05) is 6.58 Å². The molecule has 214 valence electrons. The molecule has 1 saturated heterocycles. The molecule has 1 saturated carbocycles. The van der Waals surface area contributed by atoms with Crippen LogP contribution in [-0.2, 0) is 14.3 Å². The molecular formula is C29H34F3N5O3. The van der Waals surface area contributed by atoms with Crippen LogP contribution in [-0.4, -0.2) is 86.6 Å². The fourth-order valence-corrected chi connectivity index (χ4v) is 5.31. The number of halogens is 3. The zero-order valence-electron chi connectivity index (χ0n) is 22.8. The maximum absolute atomic E-state index is 15.5. The number of benzene rings is 1. The molecule has 1 aliphatic carbocycles. The van der Waals surface area contributed by atoms with Crippen LogP contribution in [0, 0.1) is 23.0 Å². The van der Waals surface area contributed by atoms with Gasteiger partial charge in [-0.05, 0) is 50.0 Å². The van der Waals surface area contributed by atoms with Crippen molar-refractivity contribution in [1.82, 2.24) is 9.80 Å². The Morgan fingerprint density at radius 2 is 1.88 bits per heavy atom. The van der Waals surface area contributed by atoms with Crippen molar-refractivity contribution >= 4 is 17.3 Å². The third-order valence-electron chi connectivity index (χ3n) is 7.71. The molecule has 2 heterocycles. The van der Waals surface area contributed by atoms with Gasteiger partial charge in [0, 0.05) is 44.5 Å². The van der Waals surface area contributed by atoms with Gasteiger partial charge in [0.05, 0.1) is 43.9 Å². The van der Waals surface area contributed by atoms with Crippen LogP contribution in [0.1, 0.15) is 25.7 Å². The first-order valence-corrected chi connectivity index (χ1v) is 13.3. The van der Waals surface area contributed by atoms with E-state index in [2.05, 4.69) is 11.6 Å². The molecule has 40 heavy (non-hydrogen) atoms. The van der Waals surface area contributed by atoms with E-state index in [1.54, 1.807) is 11.9 Å². The number of carbonyl (C=O) groups excluding carboxylic acids is 1. The Bertz CT molecular complexity index is 1240. The predicted molar refractivity (Wildman–Crippen MR) is 145 cm³/mol. The molecule has 0 N–H and O–H groups in total. The Kier molecular flexibility index (Phi) is 9.66. The molecule has 0 spiro atoms.